The summed E-state index contributed by atoms with van der Waals surface area (Å²) in [5, 5.41) is 11.4. The lowest BCUT2D eigenvalue weighted by atomic mass is 10.0. The van der Waals surface area contributed by atoms with Crippen LogP contribution in [0.5, 0.6) is 0 Å². The van der Waals surface area contributed by atoms with Gasteiger partial charge in [-0.15, -0.1) is 0 Å². The van der Waals surface area contributed by atoms with Crippen molar-refractivity contribution < 1.29 is 19.5 Å². The van der Waals surface area contributed by atoms with Gasteiger partial charge in [-0.25, -0.2) is 0 Å². The molecule has 6 nitrogen and oxygen atoms in total. The zero-order valence-corrected chi connectivity index (χ0v) is 11.9. The highest BCUT2D eigenvalue weighted by atomic mass is 16.7. The minimum Gasteiger partial charge on any atom is -0.481 e. The van der Waals surface area contributed by atoms with Crippen LogP contribution in [-0.4, -0.2) is 33.7 Å². The highest BCUT2D eigenvalue weighted by Crippen LogP contribution is 2.42. The Kier molecular flexibility index (Phi) is 2.98. The highest BCUT2D eigenvalue weighted by molar-refractivity contribution is 6.01. The SMILES string of the molecule is CCC1(CC(=O)O)N(OC)C(=O)c2cc3ccccc3n21. The number of benzene rings is 1. The van der Waals surface area contributed by atoms with Gasteiger partial charge in [0.25, 0.3) is 5.91 Å². The molecule has 0 radical (unpaired) electrons. The Labute approximate surface area is 121 Å². The van der Waals surface area contributed by atoms with Crippen LogP contribution in [0.2, 0.25) is 0 Å². The predicted molar refractivity (Wildman–Crippen MR) is 75.6 cm³/mol. The number of carbonyl (C=O) groups excluding carboxylic acids is 1. The number of para-hydroxylation sites is 1. The molecule has 3 rings (SSSR count). The van der Waals surface area contributed by atoms with Crippen molar-refractivity contribution in [2.45, 2.75) is 25.4 Å². The Hall–Kier alpha value is -2.34. The Bertz CT molecular complexity index is 736. The number of carboxylic acid groups (broad SMARTS) is 1. The third kappa shape index (κ3) is 1.69. The molecule has 0 saturated heterocycles. The first-order chi connectivity index (χ1) is 10.0. The van der Waals surface area contributed by atoms with Gasteiger partial charge in [-0.2, -0.15) is 5.06 Å². The molecule has 1 aromatic carbocycles. The number of carbonyl (C=O) groups is 2. The lowest BCUT2D eigenvalue weighted by Gasteiger charge is -2.36. The molecule has 2 aromatic rings. The fourth-order valence-corrected chi connectivity index (χ4v) is 3.22. The van der Waals surface area contributed by atoms with Gasteiger partial charge in [0.1, 0.15) is 5.69 Å². The van der Waals surface area contributed by atoms with E-state index in [-0.39, 0.29) is 12.3 Å². The van der Waals surface area contributed by atoms with Crippen LogP contribution in [0.1, 0.15) is 30.3 Å². The van der Waals surface area contributed by atoms with E-state index < -0.39 is 11.6 Å². The standard InChI is InChI=1S/C15H16N2O4/c1-3-15(9-13(18)19)16-11-7-5-4-6-10(11)8-12(16)14(20)17(15)21-2/h4-8H,3,9H2,1-2H3,(H,18,19). The van der Waals surface area contributed by atoms with E-state index in [2.05, 4.69) is 0 Å². The predicted octanol–water partition coefficient (Wildman–Crippen LogP) is 2.20. The third-order valence-electron chi connectivity index (χ3n) is 4.09. The van der Waals surface area contributed by atoms with E-state index in [1.165, 1.54) is 12.2 Å². The van der Waals surface area contributed by atoms with Gasteiger partial charge in [0.15, 0.2) is 5.66 Å². The summed E-state index contributed by atoms with van der Waals surface area (Å²) in [5.74, 6) is -1.28. The minimum atomic E-state index is -1.03. The number of carboxylic acids is 1. The number of aliphatic carboxylic acids is 1. The molecule has 0 spiro atoms. The lowest BCUT2D eigenvalue weighted by Crippen LogP contribution is -2.47. The Balaban J connectivity index is 2.33. The van der Waals surface area contributed by atoms with E-state index in [4.69, 9.17) is 4.84 Å². The maximum absolute atomic E-state index is 12.5. The number of aromatic nitrogens is 1. The second kappa shape index (κ2) is 4.60. The van der Waals surface area contributed by atoms with E-state index in [9.17, 15) is 14.7 Å². The topological polar surface area (TPSA) is 71.8 Å². The van der Waals surface area contributed by atoms with E-state index in [1.807, 2.05) is 31.2 Å². The summed E-state index contributed by atoms with van der Waals surface area (Å²) in [4.78, 5) is 29.1. The van der Waals surface area contributed by atoms with Crippen molar-refractivity contribution in [1.29, 1.82) is 0 Å². The molecule has 0 bridgehead atoms. The fourth-order valence-electron chi connectivity index (χ4n) is 3.22. The van der Waals surface area contributed by atoms with Gasteiger partial charge >= 0.3 is 5.97 Å². The van der Waals surface area contributed by atoms with Gasteiger partial charge in [0.05, 0.1) is 19.0 Å². The first-order valence-electron chi connectivity index (χ1n) is 6.76. The van der Waals surface area contributed by atoms with Gasteiger partial charge in [-0.05, 0) is 18.6 Å². The number of rotatable bonds is 4. The largest absolute Gasteiger partial charge is 0.481 e. The number of hydrogen-bond acceptors (Lipinski definition) is 3. The summed E-state index contributed by atoms with van der Waals surface area (Å²) in [6, 6.07) is 9.34. The minimum absolute atomic E-state index is 0.214. The van der Waals surface area contributed by atoms with Crippen molar-refractivity contribution in [2.24, 2.45) is 0 Å². The molecule has 2 heterocycles. The van der Waals surface area contributed by atoms with Gasteiger partial charge in [0, 0.05) is 5.39 Å². The van der Waals surface area contributed by atoms with Crippen molar-refractivity contribution in [3.8, 4) is 0 Å². The Morgan fingerprint density at radius 3 is 2.71 bits per heavy atom. The van der Waals surface area contributed by atoms with Crippen molar-refractivity contribution >= 4 is 22.8 Å². The fraction of sp³-hybridized carbons (Fsp3) is 0.333. The van der Waals surface area contributed by atoms with Crippen LogP contribution < -0.4 is 0 Å². The van der Waals surface area contributed by atoms with Gasteiger partial charge in [-0.1, -0.05) is 25.1 Å². The van der Waals surface area contributed by atoms with Crippen molar-refractivity contribution in [1.82, 2.24) is 9.63 Å². The molecule has 1 aliphatic rings. The molecule has 1 N–H and O–H groups in total. The molecule has 1 unspecified atom stereocenters. The zero-order chi connectivity index (χ0) is 15.2. The second-order valence-electron chi connectivity index (χ2n) is 5.11. The maximum atomic E-state index is 12.5. The molecular weight excluding hydrogens is 272 g/mol. The monoisotopic (exact) mass is 288 g/mol. The number of fused-ring (bicyclic) bond motifs is 3. The molecule has 21 heavy (non-hydrogen) atoms. The van der Waals surface area contributed by atoms with Gasteiger partial charge in [0.2, 0.25) is 0 Å². The summed E-state index contributed by atoms with van der Waals surface area (Å²) >= 11 is 0. The molecule has 0 fully saturated rings. The average molecular weight is 288 g/mol. The lowest BCUT2D eigenvalue weighted by molar-refractivity contribution is -0.190. The molecule has 0 aliphatic carbocycles. The quantitative estimate of drug-likeness (QED) is 0.936. The summed E-state index contributed by atoms with van der Waals surface area (Å²) in [5.41, 5.74) is 0.264. The van der Waals surface area contributed by atoms with Crippen LogP contribution in [0.4, 0.5) is 0 Å². The molecule has 1 aliphatic heterocycles. The van der Waals surface area contributed by atoms with Crippen LogP contribution >= 0.6 is 0 Å². The van der Waals surface area contributed by atoms with E-state index >= 15 is 0 Å². The smallest absolute Gasteiger partial charge is 0.307 e. The van der Waals surface area contributed by atoms with Crippen LogP contribution in [0.25, 0.3) is 10.9 Å². The van der Waals surface area contributed by atoms with Gasteiger partial charge < -0.3 is 9.67 Å². The number of amides is 1. The van der Waals surface area contributed by atoms with Crippen LogP contribution in [0, 0.1) is 0 Å². The van der Waals surface area contributed by atoms with Crippen LogP contribution in [0.3, 0.4) is 0 Å². The summed E-state index contributed by atoms with van der Waals surface area (Å²) in [6.45, 7) is 1.85. The molecule has 110 valence electrons. The zero-order valence-electron chi connectivity index (χ0n) is 11.9. The van der Waals surface area contributed by atoms with Crippen molar-refractivity contribution in [2.75, 3.05) is 7.11 Å². The van der Waals surface area contributed by atoms with Gasteiger partial charge in [-0.3, -0.25) is 14.4 Å². The van der Waals surface area contributed by atoms with E-state index in [0.29, 0.717) is 12.1 Å². The normalized spacial score (nSPS) is 21.0. The van der Waals surface area contributed by atoms with Crippen LogP contribution in [0.15, 0.2) is 30.3 Å². The Morgan fingerprint density at radius 1 is 1.38 bits per heavy atom. The number of nitrogens with zero attached hydrogens (tertiary/aromatic N) is 2. The first kappa shape index (κ1) is 13.6. The second-order valence-corrected chi connectivity index (χ2v) is 5.11. The van der Waals surface area contributed by atoms with E-state index in [0.717, 1.165) is 10.9 Å². The van der Waals surface area contributed by atoms with Crippen molar-refractivity contribution in [3.05, 3.63) is 36.0 Å². The summed E-state index contributed by atoms with van der Waals surface area (Å²) in [7, 11) is 1.39. The number of hydrogen-bond donors (Lipinski definition) is 1. The molecule has 1 atom stereocenters. The van der Waals surface area contributed by atoms with E-state index in [1.54, 1.807) is 10.6 Å². The summed E-state index contributed by atoms with van der Waals surface area (Å²) < 4.78 is 1.79. The molecular formula is C15H16N2O4. The molecule has 0 saturated carbocycles. The average Bonchev–Trinajstić information content (AvgIpc) is 2.94. The third-order valence-corrected chi connectivity index (χ3v) is 4.09. The Morgan fingerprint density at radius 2 is 2.10 bits per heavy atom. The number of hydroxylamine groups is 2. The summed E-state index contributed by atoms with van der Waals surface area (Å²) in [6.07, 6.45) is 0.222. The van der Waals surface area contributed by atoms with Crippen LogP contribution in [-0.2, 0) is 15.3 Å². The molecule has 6 heteroatoms. The maximum Gasteiger partial charge on any atom is 0.307 e. The molecule has 1 amide bonds. The molecule has 1 aromatic heterocycles. The van der Waals surface area contributed by atoms with Crippen molar-refractivity contribution in [3.63, 3.8) is 0 Å². The first-order valence-corrected chi connectivity index (χ1v) is 6.76. The highest BCUT2D eigenvalue weighted by Gasteiger charge is 2.51.